The van der Waals surface area contributed by atoms with Crippen molar-refractivity contribution >= 4 is 11.3 Å². The molecule has 4 nitrogen and oxygen atoms in total. The number of methoxy groups -OCH3 is 1. The molecule has 1 aromatic rings. The quantitative estimate of drug-likeness (QED) is 0.507. The molecule has 1 aromatic carbocycles. The Kier molecular flexibility index (Phi) is 4.02. The minimum absolute atomic E-state index is 0.501. The van der Waals surface area contributed by atoms with Gasteiger partial charge < -0.3 is 9.94 Å². The molecule has 0 radical (unpaired) electrons. The Bertz CT molecular complexity index is 671. The zero-order valence-electron chi connectivity index (χ0n) is 11.3. The number of benzene rings is 1. The molecule has 0 atom stereocenters. The van der Waals surface area contributed by atoms with E-state index in [0.29, 0.717) is 11.3 Å². The van der Waals surface area contributed by atoms with E-state index < -0.39 is 0 Å². The van der Waals surface area contributed by atoms with E-state index in [0.717, 1.165) is 22.5 Å². The summed E-state index contributed by atoms with van der Waals surface area (Å²) >= 11 is 0. The number of nitrogens with zero attached hydrogens (tertiary/aromatic N) is 2. The van der Waals surface area contributed by atoms with Crippen molar-refractivity contribution in [2.75, 3.05) is 7.11 Å². The second kappa shape index (κ2) is 5.89. The summed E-state index contributed by atoms with van der Waals surface area (Å²) in [4.78, 5) is 0. The SMILES string of the molecule is COc1ccc(/C(C#N)=C2C=C/C(=N\O)C(C)=C/2)cc1. The summed E-state index contributed by atoms with van der Waals surface area (Å²) in [5, 5.41) is 21.4. The Morgan fingerprint density at radius 3 is 2.45 bits per heavy atom. The Labute approximate surface area is 117 Å². The summed E-state index contributed by atoms with van der Waals surface area (Å²) in [6, 6.07) is 9.54. The predicted octanol–water partition coefficient (Wildman–Crippen LogP) is 3.32. The van der Waals surface area contributed by atoms with E-state index in [9.17, 15) is 5.26 Å². The van der Waals surface area contributed by atoms with Crippen LogP contribution in [0.2, 0.25) is 0 Å². The molecule has 0 amide bonds. The van der Waals surface area contributed by atoms with Gasteiger partial charge in [-0.25, -0.2) is 0 Å². The maximum absolute atomic E-state index is 9.39. The van der Waals surface area contributed by atoms with Gasteiger partial charge in [-0.3, -0.25) is 0 Å². The van der Waals surface area contributed by atoms with Gasteiger partial charge in [-0.1, -0.05) is 11.2 Å². The fourth-order valence-corrected chi connectivity index (χ4v) is 1.98. The van der Waals surface area contributed by atoms with Crippen LogP contribution in [0.5, 0.6) is 5.75 Å². The lowest BCUT2D eigenvalue weighted by atomic mass is 9.94. The lowest BCUT2D eigenvalue weighted by Crippen LogP contribution is -2.02. The van der Waals surface area contributed by atoms with Crippen LogP contribution < -0.4 is 4.74 Å². The predicted molar refractivity (Wildman–Crippen MR) is 77.6 cm³/mol. The van der Waals surface area contributed by atoms with Crippen molar-refractivity contribution in [1.82, 2.24) is 0 Å². The molecular formula is C16H14N2O2. The van der Waals surface area contributed by atoms with E-state index in [-0.39, 0.29) is 0 Å². The smallest absolute Gasteiger partial charge is 0.118 e. The van der Waals surface area contributed by atoms with Crippen molar-refractivity contribution in [2.45, 2.75) is 6.92 Å². The molecule has 0 saturated heterocycles. The summed E-state index contributed by atoms with van der Waals surface area (Å²) in [6.45, 7) is 1.83. The van der Waals surface area contributed by atoms with Crippen LogP contribution in [0, 0.1) is 11.3 Å². The second-order valence-corrected chi connectivity index (χ2v) is 4.32. The highest BCUT2D eigenvalue weighted by atomic mass is 16.5. The van der Waals surface area contributed by atoms with Gasteiger partial charge in [-0.15, -0.1) is 0 Å². The first-order valence-corrected chi connectivity index (χ1v) is 6.07. The highest BCUT2D eigenvalue weighted by Crippen LogP contribution is 2.25. The number of rotatable bonds is 2. The van der Waals surface area contributed by atoms with Gasteiger partial charge in [0.15, 0.2) is 0 Å². The maximum Gasteiger partial charge on any atom is 0.118 e. The van der Waals surface area contributed by atoms with Gasteiger partial charge >= 0.3 is 0 Å². The number of hydrogen-bond donors (Lipinski definition) is 1. The summed E-state index contributed by atoms with van der Waals surface area (Å²) in [7, 11) is 1.60. The Balaban J connectivity index is 2.47. The fraction of sp³-hybridized carbons (Fsp3) is 0.125. The average molecular weight is 266 g/mol. The summed E-state index contributed by atoms with van der Waals surface area (Å²) in [5.74, 6) is 0.747. The van der Waals surface area contributed by atoms with Crippen LogP contribution >= 0.6 is 0 Å². The zero-order chi connectivity index (χ0) is 14.5. The van der Waals surface area contributed by atoms with Crippen LogP contribution in [0.3, 0.4) is 0 Å². The van der Waals surface area contributed by atoms with E-state index in [1.54, 1.807) is 19.3 Å². The minimum Gasteiger partial charge on any atom is -0.497 e. The van der Waals surface area contributed by atoms with Crippen LogP contribution in [0.15, 0.2) is 58.8 Å². The molecule has 1 N–H and O–H groups in total. The first-order valence-electron chi connectivity index (χ1n) is 6.07. The van der Waals surface area contributed by atoms with Gasteiger partial charge in [-0.2, -0.15) is 5.26 Å². The number of ether oxygens (including phenoxy) is 1. The third-order valence-corrected chi connectivity index (χ3v) is 3.08. The van der Waals surface area contributed by atoms with E-state index in [1.165, 1.54) is 0 Å². The molecule has 20 heavy (non-hydrogen) atoms. The van der Waals surface area contributed by atoms with Crippen molar-refractivity contribution in [1.29, 1.82) is 5.26 Å². The fourth-order valence-electron chi connectivity index (χ4n) is 1.98. The third kappa shape index (κ3) is 2.62. The minimum atomic E-state index is 0.501. The average Bonchev–Trinajstić information content (AvgIpc) is 2.49. The molecule has 1 aliphatic carbocycles. The Morgan fingerprint density at radius 1 is 1.25 bits per heavy atom. The molecule has 0 bridgehead atoms. The second-order valence-electron chi connectivity index (χ2n) is 4.32. The lowest BCUT2D eigenvalue weighted by molar-refractivity contribution is 0.319. The molecule has 0 saturated carbocycles. The van der Waals surface area contributed by atoms with Gasteiger partial charge in [0.1, 0.15) is 17.5 Å². The van der Waals surface area contributed by atoms with Crippen molar-refractivity contribution in [3.63, 3.8) is 0 Å². The molecule has 0 unspecified atom stereocenters. The van der Waals surface area contributed by atoms with Gasteiger partial charge in [0.2, 0.25) is 0 Å². The topological polar surface area (TPSA) is 65.6 Å². The molecule has 4 heteroatoms. The van der Waals surface area contributed by atoms with Crippen molar-refractivity contribution in [3.8, 4) is 11.8 Å². The molecular weight excluding hydrogens is 252 g/mol. The molecule has 0 spiro atoms. The summed E-state index contributed by atoms with van der Waals surface area (Å²) in [6.07, 6.45) is 5.29. The molecule has 1 aliphatic rings. The van der Waals surface area contributed by atoms with Crippen LogP contribution in [0.25, 0.3) is 5.57 Å². The number of hydrogen-bond acceptors (Lipinski definition) is 4. The number of allylic oxidation sites excluding steroid dienone is 6. The highest BCUT2D eigenvalue weighted by Gasteiger charge is 2.11. The van der Waals surface area contributed by atoms with Crippen molar-refractivity contribution in [2.24, 2.45) is 5.16 Å². The van der Waals surface area contributed by atoms with Crippen LogP contribution in [-0.4, -0.2) is 18.0 Å². The lowest BCUT2D eigenvalue weighted by Gasteiger charge is -2.10. The molecule has 100 valence electrons. The Morgan fingerprint density at radius 2 is 1.95 bits per heavy atom. The van der Waals surface area contributed by atoms with Gasteiger partial charge in [0, 0.05) is 0 Å². The van der Waals surface area contributed by atoms with Crippen LogP contribution in [0.4, 0.5) is 0 Å². The number of nitriles is 1. The molecule has 0 aromatic heterocycles. The van der Waals surface area contributed by atoms with Gasteiger partial charge in [0.05, 0.1) is 12.7 Å². The standard InChI is InChI=1S/C16H14N2O2/c1-11-9-13(5-8-16(11)18-19)15(10-17)12-3-6-14(20-2)7-4-12/h3-9,19H,1-2H3/b15-13-,18-16+. The third-order valence-electron chi connectivity index (χ3n) is 3.08. The number of oxime groups is 1. The van der Waals surface area contributed by atoms with E-state index in [4.69, 9.17) is 9.94 Å². The largest absolute Gasteiger partial charge is 0.497 e. The maximum atomic E-state index is 9.39. The zero-order valence-corrected chi connectivity index (χ0v) is 11.3. The van der Waals surface area contributed by atoms with Gasteiger partial charge in [0.25, 0.3) is 0 Å². The van der Waals surface area contributed by atoms with Crippen LogP contribution in [-0.2, 0) is 0 Å². The van der Waals surface area contributed by atoms with E-state index in [2.05, 4.69) is 11.2 Å². The Hall–Kier alpha value is -2.80. The summed E-state index contributed by atoms with van der Waals surface area (Å²) < 4.78 is 5.11. The first kappa shape index (κ1) is 13.6. The highest BCUT2D eigenvalue weighted by molar-refractivity contribution is 6.10. The van der Waals surface area contributed by atoms with Gasteiger partial charge in [-0.05, 0) is 60.1 Å². The molecule has 0 fully saturated rings. The molecule has 0 heterocycles. The molecule has 0 aliphatic heterocycles. The van der Waals surface area contributed by atoms with Crippen molar-refractivity contribution < 1.29 is 9.94 Å². The normalized spacial score (nSPS) is 18.4. The first-order chi connectivity index (χ1) is 9.69. The van der Waals surface area contributed by atoms with E-state index >= 15 is 0 Å². The monoisotopic (exact) mass is 266 g/mol. The van der Waals surface area contributed by atoms with Crippen LogP contribution in [0.1, 0.15) is 12.5 Å². The molecule has 2 rings (SSSR count). The summed E-state index contributed by atoms with van der Waals surface area (Å²) in [5.41, 5.74) is 3.50. The van der Waals surface area contributed by atoms with E-state index in [1.807, 2.05) is 37.3 Å². The van der Waals surface area contributed by atoms with Crippen molar-refractivity contribution in [3.05, 3.63) is 59.2 Å².